The van der Waals surface area contributed by atoms with E-state index in [2.05, 4.69) is 16.0 Å². The molecule has 4 N–H and O–H groups in total. The summed E-state index contributed by atoms with van der Waals surface area (Å²) in [5.41, 5.74) is 1.44. The van der Waals surface area contributed by atoms with Crippen molar-refractivity contribution >= 4 is 69.1 Å². The van der Waals surface area contributed by atoms with Gasteiger partial charge in [0.05, 0.1) is 33.4 Å². The van der Waals surface area contributed by atoms with Crippen LogP contribution in [0.2, 0.25) is 0 Å². The number of carbonyl (C=O) groups excluding carboxylic acids is 4. The van der Waals surface area contributed by atoms with Gasteiger partial charge in [-0.1, -0.05) is 43.3 Å². The Labute approximate surface area is 268 Å². The zero-order valence-corrected chi connectivity index (χ0v) is 26.3. The number of thioether (sulfide) groups is 1. The molecule has 0 fully saturated rings. The van der Waals surface area contributed by atoms with E-state index in [1.807, 2.05) is 13.0 Å². The molecule has 0 radical (unpaired) electrons. The number of carbonyl (C=O) groups is 5. The number of hydrogen-bond acceptors (Lipinski definition) is 8. The minimum Gasteiger partial charge on any atom is -0.478 e. The number of rotatable bonds is 12. The van der Waals surface area contributed by atoms with Gasteiger partial charge in [-0.05, 0) is 68.3 Å². The highest BCUT2D eigenvalue weighted by atomic mass is 32.2. The van der Waals surface area contributed by atoms with Crippen molar-refractivity contribution in [2.24, 2.45) is 0 Å². The molecule has 0 aliphatic rings. The highest BCUT2D eigenvalue weighted by molar-refractivity contribution is 8.00. The molecule has 0 saturated heterocycles. The van der Waals surface area contributed by atoms with E-state index < -0.39 is 29.0 Å². The van der Waals surface area contributed by atoms with Crippen LogP contribution in [0.5, 0.6) is 0 Å². The van der Waals surface area contributed by atoms with Crippen LogP contribution in [0.1, 0.15) is 66.6 Å². The summed E-state index contributed by atoms with van der Waals surface area (Å²) in [5, 5.41) is 17.4. The molecule has 1 unspecified atom stereocenters. The number of carboxylic acids is 1. The fraction of sp³-hybridized carbons (Fsp3) is 0.182. The maximum Gasteiger partial charge on any atom is 0.341 e. The number of aromatic carboxylic acids is 1. The van der Waals surface area contributed by atoms with Crippen LogP contribution in [-0.4, -0.2) is 46.6 Å². The minimum absolute atomic E-state index is 0.0225. The van der Waals surface area contributed by atoms with Gasteiger partial charge in [0, 0.05) is 16.3 Å². The summed E-state index contributed by atoms with van der Waals surface area (Å²) in [5.74, 6) is -3.23. The van der Waals surface area contributed by atoms with Gasteiger partial charge in [-0.2, -0.15) is 0 Å². The van der Waals surface area contributed by atoms with E-state index in [1.54, 1.807) is 74.5 Å². The normalized spacial score (nSPS) is 11.3. The van der Waals surface area contributed by atoms with Crippen LogP contribution < -0.4 is 16.0 Å². The van der Waals surface area contributed by atoms with E-state index in [0.717, 1.165) is 11.3 Å². The molecular weight excluding hydrogens is 615 g/mol. The van der Waals surface area contributed by atoms with Gasteiger partial charge in [-0.15, -0.1) is 23.1 Å². The van der Waals surface area contributed by atoms with Gasteiger partial charge in [-0.25, -0.2) is 9.59 Å². The third-order valence-corrected chi connectivity index (χ3v) is 9.10. The highest BCUT2D eigenvalue weighted by Gasteiger charge is 2.28. The van der Waals surface area contributed by atoms with E-state index in [1.165, 1.54) is 23.9 Å². The number of thiophene rings is 1. The first-order chi connectivity index (χ1) is 21.6. The molecule has 12 heteroatoms. The summed E-state index contributed by atoms with van der Waals surface area (Å²) in [4.78, 5) is 64.9. The average molecular weight is 646 g/mol. The predicted octanol–water partition coefficient (Wildman–Crippen LogP) is 6.95. The fourth-order valence-corrected chi connectivity index (χ4v) is 6.48. The van der Waals surface area contributed by atoms with E-state index in [0.29, 0.717) is 28.3 Å². The number of ether oxygens (including phenoxy) is 1. The molecule has 3 aromatic carbocycles. The number of benzene rings is 3. The van der Waals surface area contributed by atoms with Crippen molar-refractivity contribution in [3.8, 4) is 0 Å². The van der Waals surface area contributed by atoms with Crippen LogP contribution in [-0.2, 0) is 9.53 Å². The number of para-hydroxylation sites is 1. The first-order valence-electron chi connectivity index (χ1n) is 14.0. The zero-order valence-electron chi connectivity index (χ0n) is 24.7. The molecule has 0 aliphatic carbocycles. The van der Waals surface area contributed by atoms with Gasteiger partial charge in [0.2, 0.25) is 5.91 Å². The van der Waals surface area contributed by atoms with Crippen LogP contribution in [0.25, 0.3) is 0 Å². The maximum atomic E-state index is 13.5. The molecule has 10 nitrogen and oxygen atoms in total. The molecule has 0 spiro atoms. The summed E-state index contributed by atoms with van der Waals surface area (Å²) < 4.78 is 5.23. The molecule has 4 rings (SSSR count). The topological polar surface area (TPSA) is 151 Å². The lowest BCUT2D eigenvalue weighted by Gasteiger charge is -2.16. The third kappa shape index (κ3) is 8.16. The van der Waals surface area contributed by atoms with Crippen LogP contribution in [0.4, 0.5) is 16.4 Å². The van der Waals surface area contributed by atoms with Crippen molar-refractivity contribution < 1.29 is 33.8 Å². The molecule has 0 bridgehead atoms. The van der Waals surface area contributed by atoms with E-state index in [9.17, 15) is 29.1 Å². The third-order valence-electron chi connectivity index (χ3n) is 6.54. The number of esters is 1. The van der Waals surface area contributed by atoms with Crippen molar-refractivity contribution in [2.75, 3.05) is 22.6 Å². The molecular formula is C33H31N3O7S2. The molecule has 0 saturated carbocycles. The molecule has 45 heavy (non-hydrogen) atoms. The molecule has 1 atom stereocenters. The van der Waals surface area contributed by atoms with Crippen LogP contribution >= 0.6 is 23.1 Å². The summed E-state index contributed by atoms with van der Waals surface area (Å²) >= 11 is 2.25. The number of amides is 3. The molecule has 3 amide bonds. The van der Waals surface area contributed by atoms with Gasteiger partial charge in [0.1, 0.15) is 5.00 Å². The van der Waals surface area contributed by atoms with Crippen molar-refractivity contribution in [3.05, 3.63) is 106 Å². The van der Waals surface area contributed by atoms with Gasteiger partial charge < -0.3 is 25.8 Å². The van der Waals surface area contributed by atoms with Gasteiger partial charge in [0.25, 0.3) is 11.8 Å². The lowest BCUT2D eigenvalue weighted by atomic mass is 10.1. The van der Waals surface area contributed by atoms with Crippen LogP contribution in [0, 0.1) is 6.92 Å². The Morgan fingerprint density at radius 1 is 0.822 bits per heavy atom. The Morgan fingerprint density at radius 3 is 2.13 bits per heavy atom. The second-order valence-electron chi connectivity index (χ2n) is 9.64. The van der Waals surface area contributed by atoms with Crippen LogP contribution in [0.15, 0.2) is 83.8 Å². The van der Waals surface area contributed by atoms with E-state index in [4.69, 9.17) is 4.74 Å². The largest absolute Gasteiger partial charge is 0.478 e. The first-order valence-corrected chi connectivity index (χ1v) is 15.7. The Hall–Kier alpha value is -4.94. The summed E-state index contributed by atoms with van der Waals surface area (Å²) in [6.07, 6.45) is 0.430. The Morgan fingerprint density at radius 2 is 1.47 bits per heavy atom. The van der Waals surface area contributed by atoms with Crippen molar-refractivity contribution in [3.63, 3.8) is 0 Å². The summed E-state index contributed by atoms with van der Waals surface area (Å²) in [6.45, 7) is 5.27. The number of hydrogen-bond donors (Lipinski definition) is 4. The van der Waals surface area contributed by atoms with Gasteiger partial charge in [-0.3, -0.25) is 14.4 Å². The number of nitrogens with one attached hydrogen (secondary N) is 3. The van der Waals surface area contributed by atoms with Gasteiger partial charge >= 0.3 is 11.9 Å². The molecule has 1 heterocycles. The second-order valence-corrected chi connectivity index (χ2v) is 11.9. The van der Waals surface area contributed by atoms with Crippen molar-refractivity contribution in [1.82, 2.24) is 0 Å². The monoisotopic (exact) mass is 645 g/mol. The Kier molecular flexibility index (Phi) is 11.1. The first kappa shape index (κ1) is 33.0. The lowest BCUT2D eigenvalue weighted by molar-refractivity contribution is -0.115. The van der Waals surface area contributed by atoms with Crippen molar-refractivity contribution in [1.29, 1.82) is 0 Å². The quantitative estimate of drug-likeness (QED) is 0.0955. The fourth-order valence-electron chi connectivity index (χ4n) is 4.37. The SMILES string of the molecule is CCOC(=O)c1c(NC(=O)C(CC)Sc2cccc(NC(=O)c3ccccc3C(=O)O)c2)sc(C(=O)Nc2ccccc2)c1C. The minimum atomic E-state index is -1.21. The standard InChI is InChI=1S/C33H31N3O7S2/c1-4-25(44-22-15-11-14-21(18-22)35-28(37)23-16-9-10-17-24(23)32(40)41)29(38)36-31-26(33(42)43-5-2)19(3)27(45-31)30(39)34-20-12-7-6-8-13-20/h6-18,25H,4-5H2,1-3H3,(H,34,39)(H,35,37)(H,36,38)(H,40,41). The summed E-state index contributed by atoms with van der Waals surface area (Å²) in [7, 11) is 0. The van der Waals surface area contributed by atoms with Crippen molar-refractivity contribution in [2.45, 2.75) is 37.3 Å². The molecule has 4 aromatic rings. The Bertz CT molecular complexity index is 1740. The van der Waals surface area contributed by atoms with Gasteiger partial charge in [0.15, 0.2) is 0 Å². The van der Waals surface area contributed by atoms with E-state index >= 15 is 0 Å². The van der Waals surface area contributed by atoms with E-state index in [-0.39, 0.29) is 39.1 Å². The number of anilines is 3. The smallest absolute Gasteiger partial charge is 0.341 e. The summed E-state index contributed by atoms with van der Waals surface area (Å²) in [6, 6.07) is 21.7. The van der Waals surface area contributed by atoms with Crippen LogP contribution in [0.3, 0.4) is 0 Å². The lowest BCUT2D eigenvalue weighted by Crippen LogP contribution is -2.25. The highest BCUT2D eigenvalue weighted by Crippen LogP contribution is 2.36. The Balaban J connectivity index is 1.52. The predicted molar refractivity (Wildman–Crippen MR) is 176 cm³/mol. The maximum absolute atomic E-state index is 13.5. The molecule has 232 valence electrons. The molecule has 0 aliphatic heterocycles. The average Bonchev–Trinajstić information content (AvgIpc) is 3.35. The zero-order chi connectivity index (χ0) is 32.5. The molecule has 1 aromatic heterocycles. The number of carboxylic acid groups (broad SMARTS) is 1. The second kappa shape index (κ2) is 15.2.